The average Bonchev–Trinajstić information content (AvgIpc) is 3.17. The van der Waals surface area contributed by atoms with E-state index in [0.29, 0.717) is 16.8 Å². The number of ether oxygens (including phenoxy) is 1. The van der Waals surface area contributed by atoms with Gasteiger partial charge in [-0.3, -0.25) is 20.2 Å². The van der Waals surface area contributed by atoms with Gasteiger partial charge in [-0.25, -0.2) is 9.78 Å². The normalized spacial score (nSPS) is 10.7. The molecule has 8 nitrogen and oxygen atoms in total. The van der Waals surface area contributed by atoms with Crippen molar-refractivity contribution < 1.29 is 19.2 Å². The van der Waals surface area contributed by atoms with Crippen LogP contribution >= 0.6 is 11.3 Å². The van der Waals surface area contributed by atoms with E-state index >= 15 is 0 Å². The lowest BCUT2D eigenvalue weighted by Crippen LogP contribution is -2.07. The van der Waals surface area contributed by atoms with Crippen LogP contribution in [0.5, 0.6) is 0 Å². The number of hydrogen-bond donors (Lipinski definition) is 1. The van der Waals surface area contributed by atoms with Crippen molar-refractivity contribution >= 4 is 40.1 Å². The van der Waals surface area contributed by atoms with Crippen LogP contribution < -0.4 is 5.32 Å². The number of nitro groups is 1. The monoisotopic (exact) mass is 423 g/mol. The smallest absolute Gasteiger partial charge is 0.350 e. The molecule has 1 heterocycles. The molecule has 152 valence electrons. The van der Waals surface area contributed by atoms with Crippen LogP contribution in [0.1, 0.15) is 22.2 Å². The van der Waals surface area contributed by atoms with Crippen molar-refractivity contribution in [2.75, 3.05) is 11.9 Å². The van der Waals surface area contributed by atoms with Crippen molar-refractivity contribution in [1.29, 1.82) is 0 Å². The Kier molecular flexibility index (Phi) is 6.66. The number of anilines is 1. The van der Waals surface area contributed by atoms with Crippen molar-refractivity contribution in [3.63, 3.8) is 0 Å². The summed E-state index contributed by atoms with van der Waals surface area (Å²) >= 11 is 1.00. The summed E-state index contributed by atoms with van der Waals surface area (Å²) in [5.74, 6) is -1.05. The SMILES string of the molecule is CCOC(=O)c1sc(NC(=O)/C=C/c2ccccc2[N+](=O)[O-])nc1-c1ccccc1. The number of esters is 1. The number of rotatable bonds is 7. The summed E-state index contributed by atoms with van der Waals surface area (Å²) in [7, 11) is 0. The van der Waals surface area contributed by atoms with E-state index in [9.17, 15) is 19.7 Å². The van der Waals surface area contributed by atoms with Crippen molar-refractivity contribution in [3.8, 4) is 11.3 Å². The number of thiazole rings is 1. The number of nitrogens with one attached hydrogen (secondary N) is 1. The van der Waals surface area contributed by atoms with Gasteiger partial charge in [0.15, 0.2) is 5.13 Å². The number of carbonyl (C=O) groups excluding carboxylic acids is 2. The molecule has 0 aliphatic heterocycles. The number of aromatic nitrogens is 1. The van der Waals surface area contributed by atoms with Gasteiger partial charge in [0.05, 0.1) is 22.8 Å². The van der Waals surface area contributed by atoms with Crippen molar-refractivity contribution in [3.05, 3.63) is 81.2 Å². The lowest BCUT2D eigenvalue weighted by Gasteiger charge is -2.01. The molecular formula is C21H17N3O5S. The number of nitro benzene ring substituents is 1. The van der Waals surface area contributed by atoms with Gasteiger partial charge in [-0.15, -0.1) is 0 Å². The van der Waals surface area contributed by atoms with Gasteiger partial charge in [0.25, 0.3) is 5.69 Å². The van der Waals surface area contributed by atoms with Crippen LogP contribution in [0.25, 0.3) is 17.3 Å². The predicted molar refractivity (Wildman–Crippen MR) is 114 cm³/mol. The molecule has 0 bridgehead atoms. The van der Waals surface area contributed by atoms with E-state index in [1.807, 2.05) is 18.2 Å². The van der Waals surface area contributed by atoms with E-state index in [1.54, 1.807) is 31.2 Å². The van der Waals surface area contributed by atoms with E-state index in [-0.39, 0.29) is 22.3 Å². The van der Waals surface area contributed by atoms with Crippen molar-refractivity contribution in [2.24, 2.45) is 0 Å². The van der Waals surface area contributed by atoms with Crippen LogP contribution in [0.3, 0.4) is 0 Å². The summed E-state index contributed by atoms with van der Waals surface area (Å²) in [5, 5.41) is 13.9. The maximum atomic E-state index is 12.3. The summed E-state index contributed by atoms with van der Waals surface area (Å²) in [6, 6.07) is 15.2. The van der Waals surface area contributed by atoms with E-state index in [2.05, 4.69) is 10.3 Å². The van der Waals surface area contributed by atoms with Gasteiger partial charge in [0.1, 0.15) is 4.88 Å². The fourth-order valence-corrected chi connectivity index (χ4v) is 3.49. The minimum absolute atomic E-state index is 0.105. The second kappa shape index (κ2) is 9.57. The number of nitrogens with zero attached hydrogens (tertiary/aromatic N) is 2. The lowest BCUT2D eigenvalue weighted by atomic mass is 10.1. The molecular weight excluding hydrogens is 406 g/mol. The summed E-state index contributed by atoms with van der Waals surface area (Å²) < 4.78 is 5.09. The highest BCUT2D eigenvalue weighted by atomic mass is 32.1. The van der Waals surface area contributed by atoms with Crippen LogP contribution in [0, 0.1) is 10.1 Å². The molecule has 0 radical (unpaired) electrons. The maximum absolute atomic E-state index is 12.3. The first kappa shape index (κ1) is 20.9. The molecule has 3 rings (SSSR count). The zero-order valence-electron chi connectivity index (χ0n) is 15.9. The second-order valence-corrected chi connectivity index (χ2v) is 6.92. The second-order valence-electron chi connectivity index (χ2n) is 5.92. The quantitative estimate of drug-likeness (QED) is 0.258. The minimum Gasteiger partial charge on any atom is -0.462 e. The Labute approximate surface area is 176 Å². The third kappa shape index (κ3) is 4.95. The number of carbonyl (C=O) groups is 2. The highest BCUT2D eigenvalue weighted by Crippen LogP contribution is 2.32. The maximum Gasteiger partial charge on any atom is 0.350 e. The van der Waals surface area contributed by atoms with Gasteiger partial charge >= 0.3 is 5.97 Å². The molecule has 30 heavy (non-hydrogen) atoms. The predicted octanol–water partition coefficient (Wildman–Crippen LogP) is 4.55. The molecule has 0 aliphatic carbocycles. The molecule has 0 spiro atoms. The summed E-state index contributed by atoms with van der Waals surface area (Å²) in [4.78, 5) is 39.8. The van der Waals surface area contributed by atoms with Crippen molar-refractivity contribution in [1.82, 2.24) is 4.98 Å². The first-order chi connectivity index (χ1) is 14.5. The van der Waals surface area contributed by atoms with Crippen LogP contribution in [0.4, 0.5) is 10.8 Å². The van der Waals surface area contributed by atoms with E-state index < -0.39 is 16.8 Å². The molecule has 0 aliphatic rings. The standard InChI is InChI=1S/C21H17N3O5S/c1-2-29-20(26)19-18(15-9-4-3-5-10-15)23-21(30-19)22-17(25)13-12-14-8-6-7-11-16(14)24(27)28/h3-13H,2H2,1H3,(H,22,23,25)/b13-12+. The average molecular weight is 423 g/mol. The minimum atomic E-state index is -0.531. The molecule has 1 amide bonds. The van der Waals surface area contributed by atoms with Crippen molar-refractivity contribution in [2.45, 2.75) is 6.92 Å². The van der Waals surface area contributed by atoms with Gasteiger partial charge in [0, 0.05) is 17.7 Å². The fraction of sp³-hybridized carbons (Fsp3) is 0.0952. The van der Waals surface area contributed by atoms with E-state index in [0.717, 1.165) is 11.3 Å². The van der Waals surface area contributed by atoms with Gasteiger partial charge in [0.2, 0.25) is 5.91 Å². The number of hydrogen-bond acceptors (Lipinski definition) is 7. The fourth-order valence-electron chi connectivity index (χ4n) is 2.61. The topological polar surface area (TPSA) is 111 Å². The Morgan fingerprint density at radius 2 is 1.87 bits per heavy atom. The van der Waals surface area contributed by atoms with E-state index in [4.69, 9.17) is 4.74 Å². The van der Waals surface area contributed by atoms with Gasteiger partial charge < -0.3 is 4.74 Å². The van der Waals surface area contributed by atoms with Crippen LogP contribution in [-0.2, 0) is 9.53 Å². The van der Waals surface area contributed by atoms with Crippen LogP contribution in [0.15, 0.2) is 60.7 Å². The third-order valence-electron chi connectivity index (χ3n) is 3.91. The Morgan fingerprint density at radius 3 is 2.57 bits per heavy atom. The van der Waals surface area contributed by atoms with Gasteiger partial charge in [-0.1, -0.05) is 53.8 Å². The largest absolute Gasteiger partial charge is 0.462 e. The Bertz CT molecular complexity index is 1110. The Balaban J connectivity index is 1.84. The highest BCUT2D eigenvalue weighted by Gasteiger charge is 2.21. The number of benzene rings is 2. The zero-order chi connectivity index (χ0) is 21.5. The zero-order valence-corrected chi connectivity index (χ0v) is 16.7. The van der Waals surface area contributed by atoms with Crippen LogP contribution in [0.2, 0.25) is 0 Å². The number of amides is 1. The molecule has 1 N–H and O–H groups in total. The first-order valence-corrected chi connectivity index (χ1v) is 9.77. The molecule has 0 fully saturated rings. The highest BCUT2D eigenvalue weighted by molar-refractivity contribution is 7.18. The summed E-state index contributed by atoms with van der Waals surface area (Å²) in [6.45, 7) is 1.92. The third-order valence-corrected chi connectivity index (χ3v) is 4.86. The van der Waals surface area contributed by atoms with Gasteiger partial charge in [-0.05, 0) is 19.1 Å². The molecule has 0 saturated carbocycles. The Morgan fingerprint density at radius 1 is 1.17 bits per heavy atom. The molecule has 3 aromatic rings. The molecule has 0 saturated heterocycles. The number of para-hydroxylation sites is 1. The molecule has 0 unspecified atom stereocenters. The molecule has 0 atom stereocenters. The van der Waals surface area contributed by atoms with Gasteiger partial charge in [-0.2, -0.15) is 0 Å². The Hall–Kier alpha value is -3.85. The summed E-state index contributed by atoms with van der Waals surface area (Å²) in [6.07, 6.45) is 2.53. The van der Waals surface area contributed by atoms with E-state index in [1.165, 1.54) is 24.3 Å². The molecule has 1 aromatic heterocycles. The van der Waals surface area contributed by atoms with Crippen LogP contribution in [-0.4, -0.2) is 28.4 Å². The molecule has 9 heteroatoms. The summed E-state index contributed by atoms with van der Waals surface area (Å²) in [5.41, 5.74) is 1.32. The first-order valence-electron chi connectivity index (χ1n) is 8.95. The molecule has 2 aromatic carbocycles. The lowest BCUT2D eigenvalue weighted by molar-refractivity contribution is -0.385.